The van der Waals surface area contributed by atoms with Crippen LogP contribution < -0.4 is 17.0 Å². The number of primary amides is 1. The first-order valence-electron chi connectivity index (χ1n) is 3.07. The van der Waals surface area contributed by atoms with Gasteiger partial charge in [-0.2, -0.15) is 0 Å². The zero-order chi connectivity index (χ0) is 9.14. The van der Waals surface area contributed by atoms with Gasteiger partial charge in [-0.05, 0) is 22.0 Å². The lowest BCUT2D eigenvalue weighted by Gasteiger charge is -2.02. The zero-order valence-corrected chi connectivity index (χ0v) is 7.63. The minimum atomic E-state index is -0.522. The van der Waals surface area contributed by atoms with Crippen LogP contribution in [-0.2, 0) is 0 Å². The number of nitrogen functional groups attached to an aromatic ring is 1. The van der Waals surface area contributed by atoms with Crippen LogP contribution in [0.3, 0.4) is 0 Å². The maximum absolute atomic E-state index is 10.7. The minimum Gasteiger partial charge on any atom is -0.366 e. The number of rotatable bonds is 2. The minimum absolute atomic E-state index is 0.334. The van der Waals surface area contributed by atoms with E-state index in [0.29, 0.717) is 15.9 Å². The number of carbonyl (C=O) groups is 1. The van der Waals surface area contributed by atoms with Gasteiger partial charge >= 0.3 is 0 Å². The van der Waals surface area contributed by atoms with Gasteiger partial charge in [0.05, 0.1) is 10.0 Å². The number of amides is 1. The topological polar surface area (TPSA) is 94.0 Å². The lowest BCUT2D eigenvalue weighted by atomic mass is 10.3. The first-order valence-corrected chi connectivity index (χ1v) is 3.86. The molecule has 0 saturated carbocycles. The summed E-state index contributed by atoms with van der Waals surface area (Å²) in [7, 11) is 0. The third-order valence-corrected chi connectivity index (χ3v) is 1.87. The highest BCUT2D eigenvalue weighted by Crippen LogP contribution is 2.19. The maximum Gasteiger partial charge on any atom is 0.250 e. The molecule has 0 fully saturated rings. The molecule has 1 aromatic rings. The van der Waals surface area contributed by atoms with Crippen molar-refractivity contribution < 1.29 is 4.79 Å². The third kappa shape index (κ3) is 1.72. The molecule has 0 unspecified atom stereocenters. The third-order valence-electron chi connectivity index (χ3n) is 1.26. The standard InChI is InChI=1S/C6H7BrN4O/c7-4-1-3(5(8)12)2-10-6(4)11-9/h1-2H,9H2,(H2,8,12)(H,10,11). The summed E-state index contributed by atoms with van der Waals surface area (Å²) in [5.41, 5.74) is 7.71. The van der Waals surface area contributed by atoms with Crippen LogP contribution in [0.4, 0.5) is 5.82 Å². The molecular weight excluding hydrogens is 224 g/mol. The van der Waals surface area contributed by atoms with Crippen molar-refractivity contribution in [2.75, 3.05) is 5.43 Å². The molecule has 1 rings (SSSR count). The van der Waals surface area contributed by atoms with Gasteiger partial charge in [0.25, 0.3) is 0 Å². The Labute approximate surface area is 77.2 Å². The highest BCUT2D eigenvalue weighted by atomic mass is 79.9. The summed E-state index contributed by atoms with van der Waals surface area (Å²) in [5, 5.41) is 0. The van der Waals surface area contributed by atoms with Crippen molar-refractivity contribution in [3.8, 4) is 0 Å². The average Bonchev–Trinajstić information content (AvgIpc) is 2.04. The summed E-state index contributed by atoms with van der Waals surface area (Å²) in [5.74, 6) is 5.05. The molecule has 1 amide bonds. The quantitative estimate of drug-likeness (QED) is 0.501. The number of nitrogens with zero attached hydrogens (tertiary/aromatic N) is 1. The molecule has 12 heavy (non-hydrogen) atoms. The van der Waals surface area contributed by atoms with Gasteiger partial charge < -0.3 is 11.2 Å². The molecule has 5 nitrogen and oxygen atoms in total. The number of carbonyl (C=O) groups excluding carboxylic acids is 1. The van der Waals surface area contributed by atoms with Gasteiger partial charge in [0.15, 0.2) is 5.82 Å². The van der Waals surface area contributed by atoms with Gasteiger partial charge in [0, 0.05) is 6.20 Å². The first-order chi connectivity index (χ1) is 5.65. The Morgan fingerprint density at radius 2 is 2.33 bits per heavy atom. The van der Waals surface area contributed by atoms with E-state index >= 15 is 0 Å². The van der Waals surface area contributed by atoms with Gasteiger partial charge in [-0.1, -0.05) is 0 Å². The van der Waals surface area contributed by atoms with Gasteiger partial charge in [0.1, 0.15) is 0 Å². The highest BCUT2D eigenvalue weighted by molar-refractivity contribution is 9.10. The van der Waals surface area contributed by atoms with E-state index in [9.17, 15) is 4.79 Å². The van der Waals surface area contributed by atoms with Crippen LogP contribution in [0.5, 0.6) is 0 Å². The van der Waals surface area contributed by atoms with Crippen LogP contribution in [0.15, 0.2) is 16.7 Å². The van der Waals surface area contributed by atoms with Crippen molar-refractivity contribution in [2.45, 2.75) is 0 Å². The predicted octanol–water partition coefficient (Wildman–Crippen LogP) is 0.229. The summed E-state index contributed by atoms with van der Waals surface area (Å²) < 4.78 is 0.598. The molecule has 1 heterocycles. The SMILES string of the molecule is NNc1ncc(C(N)=O)cc1Br. The van der Waals surface area contributed by atoms with E-state index in [0.717, 1.165) is 0 Å². The van der Waals surface area contributed by atoms with E-state index in [-0.39, 0.29) is 0 Å². The summed E-state index contributed by atoms with van der Waals surface area (Å²) in [4.78, 5) is 14.5. The zero-order valence-electron chi connectivity index (χ0n) is 6.04. The largest absolute Gasteiger partial charge is 0.366 e. The van der Waals surface area contributed by atoms with Crippen molar-refractivity contribution >= 4 is 27.7 Å². The molecule has 1 aromatic heterocycles. The van der Waals surface area contributed by atoms with E-state index in [1.165, 1.54) is 6.20 Å². The van der Waals surface area contributed by atoms with Crippen molar-refractivity contribution in [1.29, 1.82) is 0 Å². The Kier molecular flexibility index (Phi) is 2.61. The molecule has 0 aromatic carbocycles. The fraction of sp³-hybridized carbons (Fsp3) is 0. The Hall–Kier alpha value is -1.14. The van der Waals surface area contributed by atoms with Crippen molar-refractivity contribution in [3.63, 3.8) is 0 Å². The molecular formula is C6H7BrN4O. The first kappa shape index (κ1) is 8.95. The number of halogens is 1. The van der Waals surface area contributed by atoms with Crippen molar-refractivity contribution in [2.24, 2.45) is 11.6 Å². The molecule has 0 aliphatic heterocycles. The summed E-state index contributed by atoms with van der Waals surface area (Å²) in [6.45, 7) is 0. The van der Waals surface area contributed by atoms with E-state index in [1.807, 2.05) is 0 Å². The van der Waals surface area contributed by atoms with Gasteiger partial charge in [-0.3, -0.25) is 4.79 Å². The van der Waals surface area contributed by atoms with Gasteiger partial charge in [-0.25, -0.2) is 10.8 Å². The van der Waals surface area contributed by atoms with E-state index < -0.39 is 5.91 Å². The molecule has 6 heteroatoms. The normalized spacial score (nSPS) is 9.50. The number of nitrogens with one attached hydrogen (secondary N) is 1. The maximum atomic E-state index is 10.7. The second kappa shape index (κ2) is 3.51. The summed E-state index contributed by atoms with van der Waals surface area (Å²) in [6.07, 6.45) is 1.35. The number of anilines is 1. The lowest BCUT2D eigenvalue weighted by molar-refractivity contribution is 0.1000. The summed E-state index contributed by atoms with van der Waals surface area (Å²) in [6, 6.07) is 1.55. The number of hydrazine groups is 1. The molecule has 0 aliphatic rings. The van der Waals surface area contributed by atoms with Crippen LogP contribution in [-0.4, -0.2) is 10.9 Å². The van der Waals surface area contributed by atoms with Crippen LogP contribution in [0.1, 0.15) is 10.4 Å². The smallest absolute Gasteiger partial charge is 0.250 e. The fourth-order valence-corrected chi connectivity index (χ4v) is 1.14. The van der Waals surface area contributed by atoms with E-state index in [2.05, 4.69) is 26.3 Å². The monoisotopic (exact) mass is 230 g/mol. The number of aromatic nitrogens is 1. The van der Waals surface area contributed by atoms with E-state index in [1.54, 1.807) is 6.07 Å². The number of hydrogen-bond acceptors (Lipinski definition) is 4. The fourth-order valence-electron chi connectivity index (χ4n) is 0.679. The number of nitrogens with two attached hydrogens (primary N) is 2. The van der Waals surface area contributed by atoms with Gasteiger partial charge in [0.2, 0.25) is 5.91 Å². The summed E-state index contributed by atoms with van der Waals surface area (Å²) >= 11 is 3.16. The Morgan fingerprint density at radius 3 is 2.75 bits per heavy atom. The molecule has 5 N–H and O–H groups in total. The molecule has 0 bridgehead atoms. The molecule has 0 saturated heterocycles. The average molecular weight is 231 g/mol. The van der Waals surface area contributed by atoms with Crippen LogP contribution >= 0.6 is 15.9 Å². The Morgan fingerprint density at radius 1 is 1.67 bits per heavy atom. The van der Waals surface area contributed by atoms with Crippen LogP contribution in [0, 0.1) is 0 Å². The molecule has 64 valence electrons. The molecule has 0 radical (unpaired) electrons. The van der Waals surface area contributed by atoms with E-state index in [4.69, 9.17) is 11.6 Å². The lowest BCUT2D eigenvalue weighted by Crippen LogP contribution is -2.13. The van der Waals surface area contributed by atoms with Gasteiger partial charge in [-0.15, -0.1) is 0 Å². The second-order valence-corrected chi connectivity index (χ2v) is 2.92. The molecule has 0 atom stereocenters. The Balaban J connectivity index is 3.10. The highest BCUT2D eigenvalue weighted by Gasteiger charge is 2.04. The Bertz CT molecular complexity index is 314. The molecule has 0 spiro atoms. The van der Waals surface area contributed by atoms with Crippen molar-refractivity contribution in [1.82, 2.24) is 4.98 Å². The molecule has 0 aliphatic carbocycles. The number of pyridine rings is 1. The van der Waals surface area contributed by atoms with Crippen LogP contribution in [0.2, 0.25) is 0 Å². The predicted molar refractivity (Wildman–Crippen MR) is 48.3 cm³/mol. The van der Waals surface area contributed by atoms with Crippen LogP contribution in [0.25, 0.3) is 0 Å². The second-order valence-electron chi connectivity index (χ2n) is 2.06. The van der Waals surface area contributed by atoms with Crippen molar-refractivity contribution in [3.05, 3.63) is 22.3 Å². The number of hydrogen-bond donors (Lipinski definition) is 3.